The van der Waals surface area contributed by atoms with Gasteiger partial charge in [-0.1, -0.05) is 0 Å². The van der Waals surface area contributed by atoms with Gasteiger partial charge >= 0.3 is 0 Å². The van der Waals surface area contributed by atoms with Crippen molar-refractivity contribution in [3.05, 3.63) is 21.8 Å². The van der Waals surface area contributed by atoms with Crippen LogP contribution in [-0.2, 0) is 4.74 Å². The van der Waals surface area contributed by atoms with Gasteiger partial charge in [0.1, 0.15) is 0 Å². The predicted molar refractivity (Wildman–Crippen MR) is 75.6 cm³/mol. The Morgan fingerprint density at radius 2 is 2.25 bits per heavy atom. The van der Waals surface area contributed by atoms with E-state index in [0.29, 0.717) is 0 Å². The number of halogens is 1. The molecule has 88 valence electrons. The van der Waals surface area contributed by atoms with Crippen LogP contribution in [0.3, 0.4) is 0 Å². The largest absolute Gasteiger partial charge is 0.399 e. The van der Waals surface area contributed by atoms with Crippen molar-refractivity contribution in [2.24, 2.45) is 5.92 Å². The van der Waals surface area contributed by atoms with Crippen LogP contribution in [0.2, 0.25) is 0 Å². The summed E-state index contributed by atoms with van der Waals surface area (Å²) in [5.74, 6) is 0.844. The Morgan fingerprint density at radius 1 is 1.44 bits per heavy atom. The van der Waals surface area contributed by atoms with E-state index < -0.39 is 0 Å². The lowest BCUT2D eigenvalue weighted by molar-refractivity contribution is 0.134. The smallest absolute Gasteiger partial charge is 0.0639 e. The minimum absolute atomic E-state index is 0.775. The molecular formula is C12H17IN2O. The molecule has 0 atom stereocenters. The second-order valence-corrected chi connectivity index (χ2v) is 5.35. The molecule has 0 heterocycles. The molecule has 4 heteroatoms. The molecule has 0 aromatic heterocycles. The van der Waals surface area contributed by atoms with Gasteiger partial charge in [-0.25, -0.2) is 0 Å². The van der Waals surface area contributed by atoms with Gasteiger partial charge in [0, 0.05) is 28.1 Å². The van der Waals surface area contributed by atoms with Crippen LogP contribution in [0.4, 0.5) is 11.4 Å². The lowest BCUT2D eigenvalue weighted by Crippen LogP contribution is -2.11. The van der Waals surface area contributed by atoms with Crippen LogP contribution in [0, 0.1) is 9.49 Å². The normalized spacial score (nSPS) is 15.1. The van der Waals surface area contributed by atoms with Crippen LogP contribution >= 0.6 is 22.6 Å². The third-order valence-electron chi connectivity index (χ3n) is 2.61. The van der Waals surface area contributed by atoms with E-state index in [0.717, 1.165) is 40.6 Å². The van der Waals surface area contributed by atoms with Crippen molar-refractivity contribution in [1.29, 1.82) is 0 Å². The highest BCUT2D eigenvalue weighted by molar-refractivity contribution is 14.1. The second kappa shape index (κ2) is 5.72. The van der Waals surface area contributed by atoms with Crippen LogP contribution in [0.1, 0.15) is 12.8 Å². The van der Waals surface area contributed by atoms with Gasteiger partial charge in [0.2, 0.25) is 0 Å². The van der Waals surface area contributed by atoms with E-state index >= 15 is 0 Å². The van der Waals surface area contributed by atoms with Gasteiger partial charge in [-0.3, -0.25) is 0 Å². The average Bonchev–Trinajstić information content (AvgIpc) is 3.04. The molecule has 0 aliphatic heterocycles. The zero-order valence-electron chi connectivity index (χ0n) is 9.21. The minimum atomic E-state index is 0.775. The molecule has 0 unspecified atom stereocenters. The SMILES string of the molecule is Nc1ccc(NCCOCC2CC2)c(I)c1. The molecule has 1 saturated carbocycles. The van der Waals surface area contributed by atoms with Gasteiger partial charge in [-0.2, -0.15) is 0 Å². The number of hydrogen-bond acceptors (Lipinski definition) is 3. The molecule has 1 fully saturated rings. The molecule has 0 bridgehead atoms. The summed E-state index contributed by atoms with van der Waals surface area (Å²) < 4.78 is 6.71. The van der Waals surface area contributed by atoms with Crippen LogP contribution < -0.4 is 11.1 Å². The van der Waals surface area contributed by atoms with Gasteiger partial charge in [-0.15, -0.1) is 0 Å². The lowest BCUT2D eigenvalue weighted by atomic mass is 10.3. The van der Waals surface area contributed by atoms with E-state index in [4.69, 9.17) is 10.5 Å². The molecule has 1 aromatic carbocycles. The highest BCUT2D eigenvalue weighted by Crippen LogP contribution is 2.28. The summed E-state index contributed by atoms with van der Waals surface area (Å²) in [5.41, 5.74) is 7.62. The average molecular weight is 332 g/mol. The quantitative estimate of drug-likeness (QED) is 0.478. The first-order valence-corrected chi connectivity index (χ1v) is 6.70. The zero-order chi connectivity index (χ0) is 11.4. The maximum atomic E-state index is 5.69. The van der Waals surface area contributed by atoms with Crippen molar-refractivity contribution in [1.82, 2.24) is 0 Å². The Morgan fingerprint density at radius 3 is 2.94 bits per heavy atom. The first kappa shape index (κ1) is 12.0. The molecule has 0 radical (unpaired) electrons. The monoisotopic (exact) mass is 332 g/mol. The fourth-order valence-electron chi connectivity index (χ4n) is 1.47. The molecular weight excluding hydrogens is 315 g/mol. The maximum Gasteiger partial charge on any atom is 0.0639 e. The van der Waals surface area contributed by atoms with Crippen molar-refractivity contribution in [2.75, 3.05) is 30.8 Å². The summed E-state index contributed by atoms with van der Waals surface area (Å²) in [6, 6.07) is 5.89. The first-order valence-electron chi connectivity index (χ1n) is 5.62. The summed E-state index contributed by atoms with van der Waals surface area (Å²) in [5, 5.41) is 3.35. The molecule has 1 aromatic rings. The van der Waals surface area contributed by atoms with Crippen molar-refractivity contribution >= 4 is 34.0 Å². The summed E-state index contributed by atoms with van der Waals surface area (Å²) >= 11 is 2.28. The van der Waals surface area contributed by atoms with Crippen molar-refractivity contribution < 1.29 is 4.74 Å². The molecule has 16 heavy (non-hydrogen) atoms. The number of anilines is 2. The number of nitrogens with one attached hydrogen (secondary N) is 1. The van der Waals surface area contributed by atoms with Crippen molar-refractivity contribution in [3.63, 3.8) is 0 Å². The van der Waals surface area contributed by atoms with Crippen LogP contribution in [0.5, 0.6) is 0 Å². The summed E-state index contributed by atoms with van der Waals surface area (Å²) in [4.78, 5) is 0. The number of nitrogens with two attached hydrogens (primary N) is 1. The van der Waals surface area contributed by atoms with E-state index in [2.05, 4.69) is 27.9 Å². The van der Waals surface area contributed by atoms with Gasteiger partial charge in [0.25, 0.3) is 0 Å². The number of rotatable bonds is 6. The van der Waals surface area contributed by atoms with E-state index in [1.54, 1.807) is 0 Å². The Hall–Kier alpha value is -0.490. The summed E-state index contributed by atoms with van der Waals surface area (Å²) in [7, 11) is 0. The third-order valence-corrected chi connectivity index (χ3v) is 3.50. The molecule has 0 amide bonds. The number of benzene rings is 1. The molecule has 0 spiro atoms. The Balaban J connectivity index is 1.67. The van der Waals surface area contributed by atoms with E-state index in [1.807, 2.05) is 18.2 Å². The summed E-state index contributed by atoms with van der Waals surface area (Å²) in [6.07, 6.45) is 2.70. The number of hydrogen-bond donors (Lipinski definition) is 2. The van der Waals surface area contributed by atoms with Crippen LogP contribution in [0.25, 0.3) is 0 Å². The van der Waals surface area contributed by atoms with E-state index in [-0.39, 0.29) is 0 Å². The van der Waals surface area contributed by atoms with Gasteiger partial charge in [0.15, 0.2) is 0 Å². The molecule has 2 rings (SSSR count). The second-order valence-electron chi connectivity index (χ2n) is 4.18. The van der Waals surface area contributed by atoms with E-state index in [9.17, 15) is 0 Å². The minimum Gasteiger partial charge on any atom is -0.399 e. The Labute approximate surface area is 110 Å². The Kier molecular flexibility index (Phi) is 4.29. The fraction of sp³-hybridized carbons (Fsp3) is 0.500. The van der Waals surface area contributed by atoms with Crippen LogP contribution in [0.15, 0.2) is 18.2 Å². The highest BCUT2D eigenvalue weighted by atomic mass is 127. The maximum absolute atomic E-state index is 5.69. The van der Waals surface area contributed by atoms with Gasteiger partial charge in [-0.05, 0) is 59.5 Å². The molecule has 3 N–H and O–H groups in total. The first-order chi connectivity index (χ1) is 7.75. The van der Waals surface area contributed by atoms with Crippen molar-refractivity contribution in [2.45, 2.75) is 12.8 Å². The predicted octanol–water partition coefficient (Wildman–Crippen LogP) is 2.71. The van der Waals surface area contributed by atoms with Crippen molar-refractivity contribution in [3.8, 4) is 0 Å². The van der Waals surface area contributed by atoms with Crippen LogP contribution in [-0.4, -0.2) is 19.8 Å². The molecule has 1 aliphatic rings. The topological polar surface area (TPSA) is 47.3 Å². The fourth-order valence-corrected chi connectivity index (χ4v) is 2.20. The number of nitrogen functional groups attached to an aromatic ring is 1. The summed E-state index contributed by atoms with van der Waals surface area (Å²) in [6.45, 7) is 2.56. The highest BCUT2D eigenvalue weighted by Gasteiger charge is 2.20. The Bertz CT molecular complexity index is 353. The third kappa shape index (κ3) is 3.83. The number of ether oxygens (including phenoxy) is 1. The molecule has 1 aliphatic carbocycles. The van der Waals surface area contributed by atoms with Gasteiger partial charge < -0.3 is 15.8 Å². The van der Waals surface area contributed by atoms with Gasteiger partial charge in [0.05, 0.1) is 6.61 Å². The standard InChI is InChI=1S/C12H17IN2O/c13-11-7-10(14)3-4-12(11)15-5-6-16-8-9-1-2-9/h3-4,7,9,15H,1-2,5-6,8,14H2. The zero-order valence-corrected chi connectivity index (χ0v) is 11.4. The molecule has 3 nitrogen and oxygen atoms in total. The lowest BCUT2D eigenvalue weighted by Gasteiger charge is -2.09. The van der Waals surface area contributed by atoms with E-state index in [1.165, 1.54) is 12.8 Å². The molecule has 0 saturated heterocycles.